The topological polar surface area (TPSA) is 81.2 Å². The van der Waals surface area contributed by atoms with Crippen molar-refractivity contribution in [3.63, 3.8) is 0 Å². The molecule has 6 heteroatoms. The lowest BCUT2D eigenvalue weighted by molar-refractivity contribution is 0.102. The molecule has 4 rings (SSSR count). The summed E-state index contributed by atoms with van der Waals surface area (Å²) < 4.78 is 0. The molecule has 3 aromatic rings. The Hall–Kier alpha value is -2.70. The number of rotatable bonds is 4. The monoisotopic (exact) mass is 350 g/mol. The molecule has 1 fully saturated rings. The normalized spacial score (nSPS) is 17.7. The number of fused-ring (bicyclic) bond motifs is 1. The van der Waals surface area contributed by atoms with Gasteiger partial charge in [-0.3, -0.25) is 9.69 Å². The zero-order chi connectivity index (χ0) is 18.1. The van der Waals surface area contributed by atoms with E-state index in [1.807, 2.05) is 43.3 Å². The van der Waals surface area contributed by atoms with Crippen molar-refractivity contribution in [2.24, 2.45) is 0 Å². The van der Waals surface area contributed by atoms with Gasteiger partial charge in [0.15, 0.2) is 0 Å². The van der Waals surface area contributed by atoms with Gasteiger partial charge in [-0.05, 0) is 42.7 Å². The Bertz CT molecular complexity index is 933. The number of likely N-dealkylation sites (tertiary alicyclic amines) is 1. The van der Waals surface area contributed by atoms with Gasteiger partial charge in [0.2, 0.25) is 0 Å². The third-order valence-electron chi connectivity index (χ3n) is 4.91. The first kappa shape index (κ1) is 16.8. The third-order valence-corrected chi connectivity index (χ3v) is 4.91. The van der Waals surface area contributed by atoms with Crippen molar-refractivity contribution in [3.8, 4) is 0 Å². The molecule has 1 saturated heterocycles. The molecule has 0 aliphatic carbocycles. The Morgan fingerprint density at radius 3 is 2.85 bits per heavy atom. The zero-order valence-corrected chi connectivity index (χ0v) is 14.7. The van der Waals surface area contributed by atoms with Crippen molar-refractivity contribution in [1.29, 1.82) is 0 Å². The number of H-pyrrole nitrogens is 1. The first-order valence-corrected chi connectivity index (χ1v) is 8.83. The first-order chi connectivity index (χ1) is 12.6. The van der Waals surface area contributed by atoms with Crippen molar-refractivity contribution in [3.05, 3.63) is 59.4 Å². The van der Waals surface area contributed by atoms with E-state index in [1.165, 1.54) is 0 Å². The molecule has 1 aliphatic heterocycles. The molecule has 1 aliphatic rings. The average molecular weight is 350 g/mol. The predicted molar refractivity (Wildman–Crippen MR) is 101 cm³/mol. The van der Waals surface area contributed by atoms with Crippen molar-refractivity contribution >= 4 is 22.6 Å². The minimum absolute atomic E-state index is 0.147. The number of carbonyl (C=O) groups excluding carboxylic acids is 1. The van der Waals surface area contributed by atoms with E-state index in [-0.39, 0.29) is 12.0 Å². The van der Waals surface area contributed by atoms with Crippen LogP contribution in [0.15, 0.2) is 42.7 Å². The lowest BCUT2D eigenvalue weighted by Gasteiger charge is -2.15. The minimum atomic E-state index is -0.215. The fraction of sp³-hybridized carbons (Fsp3) is 0.300. The summed E-state index contributed by atoms with van der Waals surface area (Å²) in [5.74, 6) is -0.147. The number of aryl methyl sites for hydroxylation is 1. The number of anilines is 1. The SMILES string of the molecule is Cc1ccc2[nH]cnc2c1NC(=O)c1ccc(CN2CC[C@H](O)C2)cc1. The molecule has 0 radical (unpaired) electrons. The first-order valence-electron chi connectivity index (χ1n) is 8.83. The Morgan fingerprint density at radius 1 is 1.31 bits per heavy atom. The van der Waals surface area contributed by atoms with E-state index in [1.54, 1.807) is 6.33 Å². The summed E-state index contributed by atoms with van der Waals surface area (Å²) in [5.41, 5.74) is 5.13. The molecular formula is C20H22N4O2. The second kappa shape index (κ2) is 6.90. The molecule has 134 valence electrons. The van der Waals surface area contributed by atoms with Gasteiger partial charge in [0.05, 0.1) is 23.6 Å². The maximum absolute atomic E-state index is 12.6. The largest absolute Gasteiger partial charge is 0.392 e. The molecule has 0 spiro atoms. The van der Waals surface area contributed by atoms with Crippen LogP contribution in [0.4, 0.5) is 5.69 Å². The van der Waals surface area contributed by atoms with Gasteiger partial charge in [-0.1, -0.05) is 18.2 Å². The number of benzene rings is 2. The van der Waals surface area contributed by atoms with Crippen LogP contribution in [-0.4, -0.2) is 45.1 Å². The Balaban J connectivity index is 1.48. The van der Waals surface area contributed by atoms with Crippen LogP contribution in [0.1, 0.15) is 27.9 Å². The molecule has 3 N–H and O–H groups in total. The number of aromatic amines is 1. The van der Waals surface area contributed by atoms with E-state index in [0.29, 0.717) is 5.56 Å². The number of nitrogens with one attached hydrogen (secondary N) is 2. The maximum Gasteiger partial charge on any atom is 0.255 e. The van der Waals surface area contributed by atoms with E-state index in [4.69, 9.17) is 0 Å². The number of aliphatic hydroxyl groups is 1. The average Bonchev–Trinajstić information content (AvgIpc) is 3.27. The number of β-amino-alcohol motifs (C(OH)–C–C–N with tert-alkyl or cyclic N) is 1. The molecule has 0 unspecified atom stereocenters. The number of amides is 1. The highest BCUT2D eigenvalue weighted by molar-refractivity contribution is 6.08. The number of carbonyl (C=O) groups is 1. The highest BCUT2D eigenvalue weighted by atomic mass is 16.3. The molecule has 1 amide bonds. The van der Waals surface area contributed by atoms with Crippen LogP contribution in [-0.2, 0) is 6.54 Å². The second-order valence-electron chi connectivity index (χ2n) is 6.88. The molecule has 2 heterocycles. The van der Waals surface area contributed by atoms with Crippen LogP contribution in [0.2, 0.25) is 0 Å². The summed E-state index contributed by atoms with van der Waals surface area (Å²) >= 11 is 0. The molecule has 2 aromatic carbocycles. The van der Waals surface area contributed by atoms with Gasteiger partial charge in [-0.2, -0.15) is 0 Å². The molecule has 0 bridgehead atoms. The zero-order valence-electron chi connectivity index (χ0n) is 14.7. The van der Waals surface area contributed by atoms with Gasteiger partial charge in [0.1, 0.15) is 5.52 Å². The fourth-order valence-electron chi connectivity index (χ4n) is 3.43. The van der Waals surface area contributed by atoms with E-state index < -0.39 is 0 Å². The van der Waals surface area contributed by atoms with E-state index in [2.05, 4.69) is 20.2 Å². The molecule has 1 aromatic heterocycles. The van der Waals surface area contributed by atoms with Gasteiger partial charge in [-0.15, -0.1) is 0 Å². The van der Waals surface area contributed by atoms with E-state index in [0.717, 1.165) is 53.9 Å². The highest BCUT2D eigenvalue weighted by Gasteiger charge is 2.20. The summed E-state index contributed by atoms with van der Waals surface area (Å²) in [4.78, 5) is 22.2. The van der Waals surface area contributed by atoms with Gasteiger partial charge < -0.3 is 15.4 Å². The van der Waals surface area contributed by atoms with Crippen molar-refractivity contribution < 1.29 is 9.90 Å². The van der Waals surface area contributed by atoms with Crippen molar-refractivity contribution in [2.75, 3.05) is 18.4 Å². The summed E-state index contributed by atoms with van der Waals surface area (Å²) in [6.07, 6.45) is 2.25. The van der Waals surface area contributed by atoms with Crippen molar-refractivity contribution in [1.82, 2.24) is 14.9 Å². The van der Waals surface area contributed by atoms with Crippen LogP contribution in [0.3, 0.4) is 0 Å². The van der Waals surface area contributed by atoms with Gasteiger partial charge >= 0.3 is 0 Å². The Kier molecular flexibility index (Phi) is 4.44. The van der Waals surface area contributed by atoms with Crippen LogP contribution < -0.4 is 5.32 Å². The second-order valence-corrected chi connectivity index (χ2v) is 6.88. The number of nitrogens with zero attached hydrogens (tertiary/aromatic N) is 2. The smallest absolute Gasteiger partial charge is 0.255 e. The van der Waals surface area contributed by atoms with Crippen LogP contribution in [0, 0.1) is 6.92 Å². The number of imidazole rings is 1. The van der Waals surface area contributed by atoms with E-state index in [9.17, 15) is 9.90 Å². The number of hydrogen-bond acceptors (Lipinski definition) is 4. The summed E-state index contributed by atoms with van der Waals surface area (Å²) in [6, 6.07) is 11.6. The highest BCUT2D eigenvalue weighted by Crippen LogP contribution is 2.25. The summed E-state index contributed by atoms with van der Waals surface area (Å²) in [6.45, 7) is 4.38. The van der Waals surface area contributed by atoms with E-state index >= 15 is 0 Å². The molecule has 0 saturated carbocycles. The lowest BCUT2D eigenvalue weighted by Crippen LogP contribution is -2.21. The number of aliphatic hydroxyl groups excluding tert-OH is 1. The number of aromatic nitrogens is 2. The number of hydrogen-bond donors (Lipinski definition) is 3. The van der Waals surface area contributed by atoms with Crippen LogP contribution in [0.25, 0.3) is 11.0 Å². The Labute approximate surface area is 151 Å². The van der Waals surface area contributed by atoms with Crippen molar-refractivity contribution in [2.45, 2.75) is 26.0 Å². The predicted octanol–water partition coefficient (Wildman–Crippen LogP) is 2.69. The molecule has 1 atom stereocenters. The third kappa shape index (κ3) is 3.34. The molecule has 26 heavy (non-hydrogen) atoms. The fourth-order valence-corrected chi connectivity index (χ4v) is 3.43. The van der Waals surface area contributed by atoms with Crippen LogP contribution >= 0.6 is 0 Å². The van der Waals surface area contributed by atoms with Gasteiger partial charge in [-0.25, -0.2) is 4.98 Å². The quantitative estimate of drug-likeness (QED) is 0.676. The standard InChI is InChI=1S/C20H22N4O2/c1-13-2-7-17-19(22-12-21-17)18(13)23-20(26)15-5-3-14(4-6-15)10-24-9-8-16(25)11-24/h2-7,12,16,25H,8-11H2,1H3,(H,21,22)(H,23,26)/t16-/m0/s1. The summed E-state index contributed by atoms with van der Waals surface area (Å²) in [5, 5.41) is 12.6. The Morgan fingerprint density at radius 2 is 2.12 bits per heavy atom. The molecular weight excluding hydrogens is 328 g/mol. The van der Waals surface area contributed by atoms with Gasteiger partial charge in [0.25, 0.3) is 5.91 Å². The summed E-state index contributed by atoms with van der Waals surface area (Å²) in [7, 11) is 0. The lowest BCUT2D eigenvalue weighted by atomic mass is 10.1. The maximum atomic E-state index is 12.6. The van der Waals surface area contributed by atoms with Gasteiger partial charge in [0, 0.05) is 25.2 Å². The minimum Gasteiger partial charge on any atom is -0.392 e. The van der Waals surface area contributed by atoms with Crippen LogP contribution in [0.5, 0.6) is 0 Å². The molecule has 6 nitrogen and oxygen atoms in total.